The van der Waals surface area contributed by atoms with Gasteiger partial charge in [-0.3, -0.25) is 4.90 Å². The Kier molecular flexibility index (Phi) is 4.14. The second kappa shape index (κ2) is 5.47. The average Bonchev–Trinajstić information content (AvgIpc) is 2.73. The minimum atomic E-state index is 0.199. The summed E-state index contributed by atoms with van der Waals surface area (Å²) in [4.78, 5) is 2.23. The summed E-state index contributed by atoms with van der Waals surface area (Å²) in [6, 6.07) is 3.93. The molecular formula is C13H19BrN2O2. The van der Waals surface area contributed by atoms with E-state index in [1.807, 2.05) is 6.07 Å². The van der Waals surface area contributed by atoms with Crippen molar-refractivity contribution in [1.29, 1.82) is 0 Å². The van der Waals surface area contributed by atoms with Gasteiger partial charge in [-0.05, 0) is 38.1 Å². The summed E-state index contributed by atoms with van der Waals surface area (Å²) in [6.07, 6.45) is 0.972. The second-order valence-corrected chi connectivity index (χ2v) is 5.75. The molecule has 1 aromatic rings. The number of hydrogen-bond acceptors (Lipinski definition) is 4. The minimum absolute atomic E-state index is 0.199. The quantitative estimate of drug-likeness (QED) is 0.897. The van der Waals surface area contributed by atoms with E-state index in [-0.39, 0.29) is 11.8 Å². The molecular weight excluding hydrogens is 296 g/mol. The highest BCUT2D eigenvalue weighted by Gasteiger charge is 2.32. The van der Waals surface area contributed by atoms with Gasteiger partial charge in [-0.15, -0.1) is 0 Å². The van der Waals surface area contributed by atoms with Crippen LogP contribution >= 0.6 is 15.9 Å². The third-order valence-electron chi connectivity index (χ3n) is 3.62. The fourth-order valence-corrected chi connectivity index (χ4v) is 3.10. The van der Waals surface area contributed by atoms with E-state index in [1.54, 1.807) is 13.2 Å². The molecule has 0 spiro atoms. The topological polar surface area (TPSA) is 58.7 Å². The van der Waals surface area contributed by atoms with Crippen LogP contribution in [-0.2, 0) is 0 Å². The van der Waals surface area contributed by atoms with Gasteiger partial charge in [-0.2, -0.15) is 0 Å². The molecule has 0 bridgehead atoms. The Bertz CT molecular complexity index is 439. The molecule has 1 aliphatic rings. The Balaban J connectivity index is 2.36. The monoisotopic (exact) mass is 314 g/mol. The van der Waals surface area contributed by atoms with Crippen molar-refractivity contribution in [2.24, 2.45) is 11.7 Å². The predicted molar refractivity (Wildman–Crippen MR) is 74.9 cm³/mol. The number of benzene rings is 1. The lowest BCUT2D eigenvalue weighted by molar-refractivity contribution is 0.300. The highest BCUT2D eigenvalue weighted by molar-refractivity contribution is 9.10. The maximum absolute atomic E-state index is 10.2. The fourth-order valence-electron chi connectivity index (χ4n) is 2.64. The molecule has 2 rings (SSSR count). The molecule has 0 aromatic heterocycles. The molecule has 1 aromatic carbocycles. The van der Waals surface area contributed by atoms with E-state index in [1.165, 1.54) is 0 Å². The van der Waals surface area contributed by atoms with Crippen LogP contribution < -0.4 is 10.5 Å². The molecule has 0 amide bonds. The molecule has 2 atom stereocenters. The zero-order valence-corrected chi connectivity index (χ0v) is 12.3. The molecule has 18 heavy (non-hydrogen) atoms. The van der Waals surface area contributed by atoms with Crippen molar-refractivity contribution >= 4 is 15.9 Å². The van der Waals surface area contributed by atoms with E-state index >= 15 is 0 Å². The zero-order chi connectivity index (χ0) is 13.3. The van der Waals surface area contributed by atoms with Gasteiger partial charge in [0, 0.05) is 22.6 Å². The Labute approximate surface area is 116 Å². The molecule has 1 aliphatic heterocycles. The summed E-state index contributed by atoms with van der Waals surface area (Å²) in [7, 11) is 3.62. The van der Waals surface area contributed by atoms with Crippen LogP contribution in [0.5, 0.6) is 11.5 Å². The summed E-state index contributed by atoms with van der Waals surface area (Å²) >= 11 is 3.45. The van der Waals surface area contributed by atoms with Crippen LogP contribution in [0.2, 0.25) is 0 Å². The molecule has 4 nitrogen and oxygen atoms in total. The minimum Gasteiger partial charge on any atom is -0.504 e. The first-order valence-electron chi connectivity index (χ1n) is 6.03. The number of nitrogens with zero attached hydrogens (tertiary/aromatic N) is 1. The second-order valence-electron chi connectivity index (χ2n) is 4.84. The van der Waals surface area contributed by atoms with E-state index in [4.69, 9.17) is 10.5 Å². The van der Waals surface area contributed by atoms with E-state index < -0.39 is 0 Å². The van der Waals surface area contributed by atoms with Crippen molar-refractivity contribution in [3.8, 4) is 11.5 Å². The number of phenols is 1. The van der Waals surface area contributed by atoms with Crippen LogP contribution in [0.1, 0.15) is 18.0 Å². The van der Waals surface area contributed by atoms with Gasteiger partial charge in [-0.1, -0.05) is 15.9 Å². The van der Waals surface area contributed by atoms with Gasteiger partial charge >= 0.3 is 0 Å². The molecule has 2 unspecified atom stereocenters. The lowest BCUT2D eigenvalue weighted by Gasteiger charge is -2.21. The average molecular weight is 315 g/mol. The Morgan fingerprint density at radius 1 is 1.56 bits per heavy atom. The third kappa shape index (κ3) is 2.48. The maximum Gasteiger partial charge on any atom is 0.162 e. The van der Waals surface area contributed by atoms with E-state index in [2.05, 4.69) is 27.9 Å². The number of ether oxygens (including phenoxy) is 1. The number of hydrogen-bond donors (Lipinski definition) is 2. The summed E-state index contributed by atoms with van der Waals surface area (Å²) in [6.45, 7) is 1.65. The first kappa shape index (κ1) is 13.6. The van der Waals surface area contributed by atoms with Gasteiger partial charge < -0.3 is 15.6 Å². The van der Waals surface area contributed by atoms with Crippen LogP contribution in [0, 0.1) is 5.92 Å². The highest BCUT2D eigenvalue weighted by Crippen LogP contribution is 2.43. The van der Waals surface area contributed by atoms with Gasteiger partial charge in [-0.25, -0.2) is 0 Å². The van der Waals surface area contributed by atoms with E-state index in [0.717, 1.165) is 23.0 Å². The van der Waals surface area contributed by atoms with Crippen LogP contribution in [0.15, 0.2) is 16.6 Å². The van der Waals surface area contributed by atoms with Crippen molar-refractivity contribution in [3.05, 3.63) is 22.2 Å². The number of methoxy groups -OCH3 is 1. The molecule has 100 valence electrons. The lowest BCUT2D eigenvalue weighted by atomic mass is 9.99. The van der Waals surface area contributed by atoms with Crippen molar-refractivity contribution in [2.45, 2.75) is 12.5 Å². The molecule has 3 N–H and O–H groups in total. The summed E-state index contributed by atoms with van der Waals surface area (Å²) in [5.41, 5.74) is 6.64. The third-order valence-corrected chi connectivity index (χ3v) is 4.07. The highest BCUT2D eigenvalue weighted by atomic mass is 79.9. The smallest absolute Gasteiger partial charge is 0.162 e. The summed E-state index contributed by atoms with van der Waals surface area (Å²) in [5, 5.41) is 10.2. The lowest BCUT2D eigenvalue weighted by Crippen LogP contribution is -2.20. The first-order valence-corrected chi connectivity index (χ1v) is 6.82. The van der Waals surface area contributed by atoms with Crippen LogP contribution in [0.25, 0.3) is 0 Å². The number of halogens is 1. The summed E-state index contributed by atoms with van der Waals surface area (Å²) in [5.74, 6) is 1.23. The standard InChI is InChI=1S/C13H19BrN2O2/c1-16-7-8(6-15)3-11(16)10-4-9(14)5-12(18-2)13(10)17/h4-5,8,11,17H,3,6-7,15H2,1-2H3. The van der Waals surface area contributed by atoms with Crippen molar-refractivity contribution in [2.75, 3.05) is 27.2 Å². The number of nitrogens with two attached hydrogens (primary N) is 1. The van der Waals surface area contributed by atoms with Crippen LogP contribution in [0.4, 0.5) is 0 Å². The molecule has 0 saturated carbocycles. The predicted octanol–water partition coefficient (Wildman–Crippen LogP) is 2.11. The van der Waals surface area contributed by atoms with Crippen LogP contribution in [-0.4, -0.2) is 37.3 Å². The number of likely N-dealkylation sites (tertiary alicyclic amines) is 1. The number of phenolic OH excluding ortho intramolecular Hbond substituents is 1. The summed E-state index contributed by atoms with van der Waals surface area (Å²) < 4.78 is 6.10. The molecule has 1 saturated heterocycles. The van der Waals surface area contributed by atoms with Gasteiger partial charge in [0.25, 0.3) is 0 Å². The maximum atomic E-state index is 10.2. The normalized spacial score (nSPS) is 24.4. The molecule has 1 fully saturated rings. The number of rotatable bonds is 3. The van der Waals surface area contributed by atoms with Crippen molar-refractivity contribution in [3.63, 3.8) is 0 Å². The van der Waals surface area contributed by atoms with Crippen LogP contribution in [0.3, 0.4) is 0 Å². The van der Waals surface area contributed by atoms with Gasteiger partial charge in [0.05, 0.1) is 7.11 Å². The van der Waals surface area contributed by atoms with E-state index in [0.29, 0.717) is 18.2 Å². The molecule has 5 heteroatoms. The zero-order valence-electron chi connectivity index (χ0n) is 10.7. The Hall–Kier alpha value is -0.780. The van der Waals surface area contributed by atoms with Crippen molar-refractivity contribution < 1.29 is 9.84 Å². The first-order chi connectivity index (χ1) is 8.56. The van der Waals surface area contributed by atoms with Gasteiger partial charge in [0.2, 0.25) is 0 Å². The van der Waals surface area contributed by atoms with Gasteiger partial charge in [0.1, 0.15) is 0 Å². The fraction of sp³-hybridized carbons (Fsp3) is 0.538. The molecule has 0 aliphatic carbocycles. The Morgan fingerprint density at radius 3 is 2.83 bits per heavy atom. The Morgan fingerprint density at radius 2 is 2.28 bits per heavy atom. The van der Waals surface area contributed by atoms with Gasteiger partial charge in [0.15, 0.2) is 11.5 Å². The SMILES string of the molecule is COc1cc(Br)cc(C2CC(CN)CN2C)c1O. The number of aromatic hydroxyl groups is 1. The molecule has 1 heterocycles. The molecule has 0 radical (unpaired) electrons. The van der Waals surface area contributed by atoms with Crippen molar-refractivity contribution in [1.82, 2.24) is 4.90 Å². The van der Waals surface area contributed by atoms with E-state index in [9.17, 15) is 5.11 Å². The largest absolute Gasteiger partial charge is 0.504 e.